The van der Waals surface area contributed by atoms with E-state index in [-0.39, 0.29) is 11.3 Å². The number of hydrogen-bond donors (Lipinski definition) is 1. The number of hydrogen-bond acceptors (Lipinski definition) is 1. The van der Waals surface area contributed by atoms with Crippen molar-refractivity contribution in [3.63, 3.8) is 0 Å². The molecular formula is C15H30ClNO. The van der Waals surface area contributed by atoms with E-state index in [4.69, 9.17) is 11.6 Å². The Morgan fingerprint density at radius 1 is 1.06 bits per heavy atom. The standard InChI is InChI=1S/C15H30ClNO/c1-4-5-6-7-8-9-10-11-15(18)17-12-14(16)13(2)3/h13-14H,4-12H2,1-3H3,(H,17,18). The quantitative estimate of drug-likeness (QED) is 0.436. The number of alkyl halides is 1. The van der Waals surface area contributed by atoms with E-state index in [1.807, 2.05) is 0 Å². The summed E-state index contributed by atoms with van der Waals surface area (Å²) in [5, 5.41) is 2.95. The van der Waals surface area contributed by atoms with Gasteiger partial charge in [-0.2, -0.15) is 0 Å². The molecule has 0 saturated carbocycles. The summed E-state index contributed by atoms with van der Waals surface area (Å²) in [7, 11) is 0. The predicted molar refractivity (Wildman–Crippen MR) is 80.1 cm³/mol. The summed E-state index contributed by atoms with van der Waals surface area (Å²) in [6.45, 7) is 6.96. The first-order valence-electron chi connectivity index (χ1n) is 7.48. The van der Waals surface area contributed by atoms with Crippen molar-refractivity contribution in [2.24, 2.45) is 5.92 Å². The molecule has 0 aromatic carbocycles. The fourth-order valence-corrected chi connectivity index (χ4v) is 1.86. The number of carbonyl (C=O) groups excluding carboxylic acids is 1. The molecule has 0 aliphatic rings. The molecule has 0 saturated heterocycles. The fraction of sp³-hybridized carbons (Fsp3) is 0.933. The average molecular weight is 276 g/mol. The molecule has 1 amide bonds. The van der Waals surface area contributed by atoms with Crippen molar-refractivity contribution in [3.05, 3.63) is 0 Å². The molecule has 0 spiro atoms. The Morgan fingerprint density at radius 2 is 1.61 bits per heavy atom. The van der Waals surface area contributed by atoms with Crippen molar-refractivity contribution < 1.29 is 4.79 Å². The zero-order valence-electron chi connectivity index (χ0n) is 12.3. The monoisotopic (exact) mass is 275 g/mol. The molecular weight excluding hydrogens is 246 g/mol. The zero-order chi connectivity index (χ0) is 13.8. The molecule has 1 N–H and O–H groups in total. The van der Waals surface area contributed by atoms with E-state index in [1.54, 1.807) is 0 Å². The third kappa shape index (κ3) is 10.9. The second-order valence-electron chi connectivity index (χ2n) is 5.44. The van der Waals surface area contributed by atoms with Crippen LogP contribution in [0.25, 0.3) is 0 Å². The summed E-state index contributed by atoms with van der Waals surface area (Å²) in [5.41, 5.74) is 0. The zero-order valence-corrected chi connectivity index (χ0v) is 13.1. The second kappa shape index (κ2) is 11.8. The molecule has 0 rings (SSSR count). The SMILES string of the molecule is CCCCCCCCCC(=O)NCC(Cl)C(C)C. The summed E-state index contributed by atoms with van der Waals surface area (Å²) in [5.74, 6) is 0.556. The van der Waals surface area contributed by atoms with Crippen molar-refractivity contribution in [3.8, 4) is 0 Å². The van der Waals surface area contributed by atoms with E-state index in [1.165, 1.54) is 38.5 Å². The van der Waals surface area contributed by atoms with Gasteiger partial charge in [0.25, 0.3) is 0 Å². The summed E-state index contributed by atoms with van der Waals surface area (Å²) in [6.07, 6.45) is 9.37. The van der Waals surface area contributed by atoms with Crippen LogP contribution in [-0.2, 0) is 4.79 Å². The second-order valence-corrected chi connectivity index (χ2v) is 6.00. The molecule has 0 radical (unpaired) electrons. The first-order valence-corrected chi connectivity index (χ1v) is 7.92. The van der Waals surface area contributed by atoms with Gasteiger partial charge in [0.1, 0.15) is 0 Å². The Balaban J connectivity index is 3.32. The van der Waals surface area contributed by atoms with Crippen LogP contribution in [-0.4, -0.2) is 17.8 Å². The van der Waals surface area contributed by atoms with Gasteiger partial charge >= 0.3 is 0 Å². The van der Waals surface area contributed by atoms with Crippen LogP contribution < -0.4 is 5.32 Å². The highest BCUT2D eigenvalue weighted by atomic mass is 35.5. The van der Waals surface area contributed by atoms with Gasteiger partial charge in [-0.1, -0.05) is 59.3 Å². The van der Waals surface area contributed by atoms with Crippen LogP contribution in [0.2, 0.25) is 0 Å². The molecule has 18 heavy (non-hydrogen) atoms. The van der Waals surface area contributed by atoms with Gasteiger partial charge in [-0.05, 0) is 12.3 Å². The maximum absolute atomic E-state index is 11.5. The third-order valence-corrected chi connectivity index (χ3v) is 3.88. The van der Waals surface area contributed by atoms with Crippen molar-refractivity contribution in [1.82, 2.24) is 5.32 Å². The maximum Gasteiger partial charge on any atom is 0.220 e. The van der Waals surface area contributed by atoms with Crippen LogP contribution in [0.3, 0.4) is 0 Å². The van der Waals surface area contributed by atoms with Gasteiger partial charge in [-0.25, -0.2) is 0 Å². The van der Waals surface area contributed by atoms with E-state index in [0.29, 0.717) is 18.9 Å². The lowest BCUT2D eigenvalue weighted by atomic mass is 10.1. The number of rotatable bonds is 11. The number of unbranched alkanes of at least 4 members (excludes halogenated alkanes) is 6. The van der Waals surface area contributed by atoms with Crippen LogP contribution >= 0.6 is 11.6 Å². The number of carbonyl (C=O) groups is 1. The Bertz CT molecular complexity index is 207. The molecule has 1 atom stereocenters. The number of amides is 1. The lowest BCUT2D eigenvalue weighted by molar-refractivity contribution is -0.121. The highest BCUT2D eigenvalue weighted by molar-refractivity contribution is 6.21. The van der Waals surface area contributed by atoms with Crippen molar-refractivity contribution in [2.75, 3.05) is 6.54 Å². The first-order chi connectivity index (χ1) is 8.57. The van der Waals surface area contributed by atoms with Gasteiger partial charge in [0.2, 0.25) is 5.91 Å². The van der Waals surface area contributed by atoms with Crippen LogP contribution in [0.15, 0.2) is 0 Å². The molecule has 0 aliphatic carbocycles. The van der Waals surface area contributed by atoms with E-state index in [9.17, 15) is 4.79 Å². The Hall–Kier alpha value is -0.240. The van der Waals surface area contributed by atoms with E-state index < -0.39 is 0 Å². The summed E-state index contributed by atoms with van der Waals surface area (Å²) in [4.78, 5) is 11.5. The molecule has 3 heteroatoms. The van der Waals surface area contributed by atoms with Crippen LogP contribution in [0, 0.1) is 5.92 Å². The molecule has 0 bridgehead atoms. The molecule has 108 valence electrons. The summed E-state index contributed by atoms with van der Waals surface area (Å²) in [6, 6.07) is 0. The van der Waals surface area contributed by atoms with Crippen LogP contribution in [0.1, 0.15) is 72.1 Å². The van der Waals surface area contributed by atoms with E-state index in [0.717, 1.165) is 6.42 Å². The van der Waals surface area contributed by atoms with Gasteiger partial charge < -0.3 is 5.32 Å². The lowest BCUT2D eigenvalue weighted by Crippen LogP contribution is -2.31. The minimum absolute atomic E-state index is 0.0444. The van der Waals surface area contributed by atoms with Gasteiger partial charge in [0.15, 0.2) is 0 Å². The third-order valence-electron chi connectivity index (χ3n) is 3.23. The minimum Gasteiger partial charge on any atom is -0.355 e. The largest absolute Gasteiger partial charge is 0.355 e. The lowest BCUT2D eigenvalue weighted by Gasteiger charge is -2.13. The van der Waals surface area contributed by atoms with Gasteiger partial charge in [-0.3, -0.25) is 4.79 Å². The van der Waals surface area contributed by atoms with Gasteiger partial charge in [-0.15, -0.1) is 11.6 Å². The van der Waals surface area contributed by atoms with E-state index >= 15 is 0 Å². The van der Waals surface area contributed by atoms with Crippen molar-refractivity contribution >= 4 is 17.5 Å². The summed E-state index contributed by atoms with van der Waals surface area (Å²) >= 11 is 6.08. The molecule has 0 aromatic heterocycles. The first kappa shape index (κ1) is 17.8. The number of nitrogens with one attached hydrogen (secondary N) is 1. The molecule has 0 aromatic rings. The van der Waals surface area contributed by atoms with Gasteiger partial charge in [0, 0.05) is 13.0 Å². The smallest absolute Gasteiger partial charge is 0.220 e. The van der Waals surface area contributed by atoms with Crippen molar-refractivity contribution in [1.29, 1.82) is 0 Å². The number of halogens is 1. The molecule has 1 unspecified atom stereocenters. The van der Waals surface area contributed by atoms with Crippen LogP contribution in [0.5, 0.6) is 0 Å². The fourth-order valence-electron chi connectivity index (χ4n) is 1.78. The van der Waals surface area contributed by atoms with Crippen molar-refractivity contribution in [2.45, 2.75) is 77.5 Å². The van der Waals surface area contributed by atoms with Gasteiger partial charge in [0.05, 0.1) is 5.38 Å². The normalized spacial score (nSPS) is 12.7. The Labute approximate surface area is 118 Å². The minimum atomic E-state index is 0.0444. The summed E-state index contributed by atoms with van der Waals surface area (Å²) < 4.78 is 0. The highest BCUT2D eigenvalue weighted by Gasteiger charge is 2.10. The highest BCUT2D eigenvalue weighted by Crippen LogP contribution is 2.09. The molecule has 0 fully saturated rings. The Kier molecular flexibility index (Phi) is 11.7. The van der Waals surface area contributed by atoms with Crippen LogP contribution in [0.4, 0.5) is 0 Å². The topological polar surface area (TPSA) is 29.1 Å². The Morgan fingerprint density at radius 3 is 2.17 bits per heavy atom. The molecule has 2 nitrogen and oxygen atoms in total. The van der Waals surface area contributed by atoms with E-state index in [2.05, 4.69) is 26.1 Å². The predicted octanol–water partition coefficient (Wildman–Crippen LogP) is 4.51. The average Bonchev–Trinajstić information content (AvgIpc) is 2.34. The molecule has 0 heterocycles. The maximum atomic E-state index is 11.5. The molecule has 0 aliphatic heterocycles.